The van der Waals surface area contributed by atoms with Crippen LogP contribution in [-0.2, 0) is 0 Å². The Morgan fingerprint density at radius 1 is 1.60 bits per heavy atom. The van der Waals surface area contributed by atoms with Crippen LogP contribution in [0, 0.1) is 5.82 Å². The van der Waals surface area contributed by atoms with Gasteiger partial charge in [0.2, 0.25) is 0 Å². The van der Waals surface area contributed by atoms with Gasteiger partial charge in [-0.1, -0.05) is 17.7 Å². The summed E-state index contributed by atoms with van der Waals surface area (Å²) in [5.74, 6) is -0.999. The molecule has 1 rings (SSSR count). The molecule has 2 nitrogen and oxygen atoms in total. The van der Waals surface area contributed by atoms with Crippen molar-refractivity contribution in [3.8, 4) is 5.75 Å². The number of rotatable bonds is 3. The minimum Gasteiger partial charge on any atom is -0.505 e. The highest BCUT2D eigenvalue weighted by atomic mass is 35.5. The highest BCUT2D eigenvalue weighted by molar-refractivity contribution is 5.85. The molecule has 1 aromatic carbocycles. The van der Waals surface area contributed by atoms with Gasteiger partial charge in [-0.2, -0.15) is 0 Å². The van der Waals surface area contributed by atoms with Crippen LogP contribution in [0.3, 0.4) is 0 Å². The minimum atomic E-state index is -0.639. The van der Waals surface area contributed by atoms with Crippen LogP contribution in [0.2, 0.25) is 0 Å². The number of halogens is 2. The monoisotopic (exact) mass is 231 g/mol. The van der Waals surface area contributed by atoms with Crippen LogP contribution in [0.4, 0.5) is 4.39 Å². The van der Waals surface area contributed by atoms with Crippen LogP contribution in [-0.4, -0.2) is 5.11 Å². The van der Waals surface area contributed by atoms with Gasteiger partial charge in [0.25, 0.3) is 0 Å². The molecular formula is C11H15ClFNO. The fourth-order valence-electron chi connectivity index (χ4n) is 1.32. The fourth-order valence-corrected chi connectivity index (χ4v) is 1.32. The lowest BCUT2D eigenvalue weighted by molar-refractivity contribution is 0.420. The van der Waals surface area contributed by atoms with E-state index in [2.05, 4.69) is 6.58 Å². The zero-order valence-electron chi connectivity index (χ0n) is 8.53. The average Bonchev–Trinajstić information content (AvgIpc) is 2.08. The van der Waals surface area contributed by atoms with Crippen molar-refractivity contribution in [1.82, 2.24) is 0 Å². The van der Waals surface area contributed by atoms with Crippen LogP contribution >= 0.6 is 12.4 Å². The lowest BCUT2D eigenvalue weighted by Gasteiger charge is -2.13. The molecule has 0 heterocycles. The second kappa shape index (κ2) is 5.73. The Hall–Kier alpha value is -1.06. The SMILES string of the molecule is C=C(C)C[C@@H](N)c1cccc(F)c1O.Cl. The molecule has 0 radical (unpaired) electrons. The standard InChI is InChI=1S/C11H14FNO.ClH/c1-7(2)6-10(13)8-4-3-5-9(12)11(8)14;/h3-5,10,14H,1,6,13H2,2H3;1H/t10-;/m1./s1. The van der Waals surface area contributed by atoms with Gasteiger partial charge in [0.15, 0.2) is 11.6 Å². The fraction of sp³-hybridized carbons (Fsp3) is 0.273. The number of nitrogens with two attached hydrogens (primary N) is 1. The molecule has 15 heavy (non-hydrogen) atoms. The highest BCUT2D eigenvalue weighted by Gasteiger charge is 2.13. The summed E-state index contributed by atoms with van der Waals surface area (Å²) in [6.45, 7) is 5.56. The number of hydrogen-bond donors (Lipinski definition) is 2. The molecule has 0 aromatic heterocycles. The normalized spacial score (nSPS) is 11.7. The van der Waals surface area contributed by atoms with Gasteiger partial charge < -0.3 is 10.8 Å². The number of hydrogen-bond acceptors (Lipinski definition) is 2. The zero-order chi connectivity index (χ0) is 10.7. The van der Waals surface area contributed by atoms with Gasteiger partial charge in [0.05, 0.1) is 0 Å². The van der Waals surface area contributed by atoms with E-state index < -0.39 is 11.9 Å². The van der Waals surface area contributed by atoms with Gasteiger partial charge in [-0.15, -0.1) is 19.0 Å². The van der Waals surface area contributed by atoms with Crippen molar-refractivity contribution < 1.29 is 9.50 Å². The summed E-state index contributed by atoms with van der Waals surface area (Å²) in [6.07, 6.45) is 0.539. The third-order valence-corrected chi connectivity index (χ3v) is 1.99. The van der Waals surface area contributed by atoms with Crippen LogP contribution in [0.25, 0.3) is 0 Å². The molecule has 0 saturated carbocycles. The van der Waals surface area contributed by atoms with Crippen molar-refractivity contribution in [2.45, 2.75) is 19.4 Å². The van der Waals surface area contributed by atoms with Crippen molar-refractivity contribution in [2.24, 2.45) is 5.73 Å². The Kier molecular flexibility index (Phi) is 5.33. The second-order valence-corrected chi connectivity index (χ2v) is 3.45. The molecule has 0 aliphatic rings. The Balaban J connectivity index is 0.00000196. The first-order chi connectivity index (χ1) is 6.52. The molecule has 0 bridgehead atoms. The van der Waals surface area contributed by atoms with Crippen molar-refractivity contribution in [1.29, 1.82) is 0 Å². The molecule has 3 N–H and O–H groups in total. The van der Waals surface area contributed by atoms with Crippen LogP contribution in [0.1, 0.15) is 24.9 Å². The number of aromatic hydroxyl groups is 1. The maximum atomic E-state index is 12.9. The van der Waals surface area contributed by atoms with Gasteiger partial charge >= 0.3 is 0 Å². The van der Waals surface area contributed by atoms with E-state index in [0.717, 1.165) is 5.57 Å². The van der Waals surface area contributed by atoms with E-state index in [1.54, 1.807) is 6.07 Å². The predicted octanol–water partition coefficient (Wildman–Crippen LogP) is 2.92. The quantitative estimate of drug-likeness (QED) is 0.786. The molecule has 0 unspecified atom stereocenters. The lowest BCUT2D eigenvalue weighted by Crippen LogP contribution is -2.11. The van der Waals surface area contributed by atoms with Crippen LogP contribution < -0.4 is 5.73 Å². The number of para-hydroxylation sites is 1. The molecule has 84 valence electrons. The molecule has 0 amide bonds. The number of phenolic OH excluding ortho intramolecular Hbond substituents is 1. The molecule has 0 aliphatic heterocycles. The molecule has 4 heteroatoms. The lowest BCUT2D eigenvalue weighted by atomic mass is 10.0. The van der Waals surface area contributed by atoms with Gasteiger partial charge in [-0.25, -0.2) is 4.39 Å². The van der Waals surface area contributed by atoms with Crippen LogP contribution in [0.5, 0.6) is 5.75 Å². The highest BCUT2D eigenvalue weighted by Crippen LogP contribution is 2.28. The van der Waals surface area contributed by atoms with E-state index in [9.17, 15) is 9.50 Å². The van der Waals surface area contributed by atoms with E-state index >= 15 is 0 Å². The van der Waals surface area contributed by atoms with Crippen molar-refractivity contribution in [2.75, 3.05) is 0 Å². The molecule has 1 aromatic rings. The number of benzene rings is 1. The summed E-state index contributed by atoms with van der Waals surface area (Å²) in [7, 11) is 0. The molecule has 0 spiro atoms. The first-order valence-electron chi connectivity index (χ1n) is 4.39. The molecule has 1 atom stereocenters. The van der Waals surface area contributed by atoms with Gasteiger partial charge in [0.1, 0.15) is 0 Å². The van der Waals surface area contributed by atoms with E-state index in [1.807, 2.05) is 6.92 Å². The first kappa shape index (κ1) is 13.9. The summed E-state index contributed by atoms with van der Waals surface area (Å²) in [5, 5.41) is 9.40. The van der Waals surface area contributed by atoms with Gasteiger partial charge in [-0.3, -0.25) is 0 Å². The Morgan fingerprint density at radius 2 is 2.20 bits per heavy atom. The Morgan fingerprint density at radius 3 is 2.73 bits per heavy atom. The van der Waals surface area contributed by atoms with Gasteiger partial charge in [0, 0.05) is 11.6 Å². The minimum absolute atomic E-state index is 0. The van der Waals surface area contributed by atoms with Crippen molar-refractivity contribution >= 4 is 12.4 Å². The van der Waals surface area contributed by atoms with E-state index in [4.69, 9.17) is 5.73 Å². The van der Waals surface area contributed by atoms with Crippen molar-refractivity contribution in [3.63, 3.8) is 0 Å². The molecule has 0 aliphatic carbocycles. The predicted molar refractivity (Wildman–Crippen MR) is 61.7 cm³/mol. The summed E-state index contributed by atoms with van der Waals surface area (Å²) in [4.78, 5) is 0. The third-order valence-electron chi connectivity index (χ3n) is 1.99. The summed E-state index contributed by atoms with van der Waals surface area (Å²) in [6, 6.07) is 3.95. The van der Waals surface area contributed by atoms with Crippen molar-refractivity contribution in [3.05, 3.63) is 41.7 Å². The topological polar surface area (TPSA) is 46.2 Å². The summed E-state index contributed by atoms with van der Waals surface area (Å²) in [5.41, 5.74) is 7.11. The maximum absolute atomic E-state index is 12.9. The zero-order valence-corrected chi connectivity index (χ0v) is 9.35. The first-order valence-corrected chi connectivity index (χ1v) is 4.39. The van der Waals surface area contributed by atoms with Crippen LogP contribution in [0.15, 0.2) is 30.4 Å². The van der Waals surface area contributed by atoms with E-state index in [0.29, 0.717) is 12.0 Å². The smallest absolute Gasteiger partial charge is 0.165 e. The molecule has 0 saturated heterocycles. The van der Waals surface area contributed by atoms with E-state index in [1.165, 1.54) is 12.1 Å². The summed E-state index contributed by atoms with van der Waals surface area (Å²) >= 11 is 0. The third kappa shape index (κ3) is 3.53. The molecule has 0 fully saturated rings. The number of phenols is 1. The molecular weight excluding hydrogens is 217 g/mol. The maximum Gasteiger partial charge on any atom is 0.165 e. The van der Waals surface area contributed by atoms with Gasteiger partial charge in [-0.05, 0) is 19.4 Å². The Bertz CT molecular complexity index is 354. The second-order valence-electron chi connectivity index (χ2n) is 3.45. The average molecular weight is 232 g/mol. The van der Waals surface area contributed by atoms with E-state index in [-0.39, 0.29) is 18.2 Å². The Labute approximate surface area is 95.0 Å². The largest absolute Gasteiger partial charge is 0.505 e. The summed E-state index contributed by atoms with van der Waals surface area (Å²) < 4.78 is 12.9.